The standard InChI is InChI=1S/C23H24N2O2/c1-17(23(26)25-20-14-9-15-21(16-20)27-2)24-22(18-10-5-3-6-11-18)19-12-7-4-8-13-19/h3-17,22,24H,1-2H3,(H,25,26)/t17-/m0/s1. The second-order valence-corrected chi connectivity index (χ2v) is 6.36. The fraction of sp³-hybridized carbons (Fsp3) is 0.174. The summed E-state index contributed by atoms with van der Waals surface area (Å²) in [6.07, 6.45) is 0. The van der Waals surface area contributed by atoms with Gasteiger partial charge in [-0.05, 0) is 30.2 Å². The van der Waals surface area contributed by atoms with E-state index < -0.39 is 0 Å². The highest BCUT2D eigenvalue weighted by Crippen LogP contribution is 2.23. The summed E-state index contributed by atoms with van der Waals surface area (Å²) < 4.78 is 5.21. The van der Waals surface area contributed by atoms with Crippen molar-refractivity contribution in [3.8, 4) is 5.75 Å². The summed E-state index contributed by atoms with van der Waals surface area (Å²) >= 11 is 0. The summed E-state index contributed by atoms with van der Waals surface area (Å²) in [6.45, 7) is 1.87. The van der Waals surface area contributed by atoms with E-state index >= 15 is 0 Å². The highest BCUT2D eigenvalue weighted by atomic mass is 16.5. The second-order valence-electron chi connectivity index (χ2n) is 6.36. The molecule has 1 amide bonds. The van der Waals surface area contributed by atoms with E-state index in [1.54, 1.807) is 13.2 Å². The lowest BCUT2D eigenvalue weighted by molar-refractivity contribution is -0.117. The van der Waals surface area contributed by atoms with Gasteiger partial charge in [-0.3, -0.25) is 10.1 Å². The molecule has 0 heterocycles. The monoisotopic (exact) mass is 360 g/mol. The highest BCUT2D eigenvalue weighted by molar-refractivity contribution is 5.94. The van der Waals surface area contributed by atoms with Gasteiger partial charge in [-0.25, -0.2) is 0 Å². The van der Waals surface area contributed by atoms with Gasteiger partial charge in [0.25, 0.3) is 0 Å². The van der Waals surface area contributed by atoms with Gasteiger partial charge in [-0.2, -0.15) is 0 Å². The lowest BCUT2D eigenvalue weighted by atomic mass is 9.98. The Morgan fingerprint density at radius 1 is 0.852 bits per heavy atom. The van der Waals surface area contributed by atoms with Crippen LogP contribution in [0.25, 0.3) is 0 Å². The third-order valence-electron chi connectivity index (χ3n) is 4.41. The lowest BCUT2D eigenvalue weighted by Gasteiger charge is -2.24. The number of rotatable bonds is 7. The molecule has 1 atom stereocenters. The maximum atomic E-state index is 12.7. The van der Waals surface area contributed by atoms with Gasteiger partial charge in [0.1, 0.15) is 5.75 Å². The number of amides is 1. The number of carbonyl (C=O) groups is 1. The molecular weight excluding hydrogens is 336 g/mol. The molecule has 0 aliphatic heterocycles. The number of ether oxygens (including phenoxy) is 1. The molecule has 0 aliphatic carbocycles. The number of hydrogen-bond donors (Lipinski definition) is 2. The maximum Gasteiger partial charge on any atom is 0.241 e. The van der Waals surface area contributed by atoms with Crippen molar-refractivity contribution in [2.24, 2.45) is 0 Å². The fourth-order valence-electron chi connectivity index (χ4n) is 2.95. The van der Waals surface area contributed by atoms with Crippen molar-refractivity contribution in [1.82, 2.24) is 5.32 Å². The van der Waals surface area contributed by atoms with E-state index in [0.717, 1.165) is 11.1 Å². The van der Waals surface area contributed by atoms with Crippen LogP contribution in [0.15, 0.2) is 84.9 Å². The summed E-state index contributed by atoms with van der Waals surface area (Å²) in [5, 5.41) is 6.40. The Labute approximate surface area is 160 Å². The van der Waals surface area contributed by atoms with E-state index in [-0.39, 0.29) is 18.0 Å². The number of hydrogen-bond acceptors (Lipinski definition) is 3. The smallest absolute Gasteiger partial charge is 0.241 e. The van der Waals surface area contributed by atoms with Crippen molar-refractivity contribution in [1.29, 1.82) is 0 Å². The molecule has 3 aromatic rings. The third-order valence-corrected chi connectivity index (χ3v) is 4.41. The van der Waals surface area contributed by atoms with Crippen LogP contribution >= 0.6 is 0 Å². The van der Waals surface area contributed by atoms with E-state index in [1.807, 2.05) is 61.5 Å². The quantitative estimate of drug-likeness (QED) is 0.656. The Hall–Kier alpha value is -3.11. The average molecular weight is 360 g/mol. The van der Waals surface area contributed by atoms with Gasteiger partial charge < -0.3 is 10.1 Å². The molecule has 0 aromatic heterocycles. The topological polar surface area (TPSA) is 50.4 Å². The number of anilines is 1. The van der Waals surface area contributed by atoms with Crippen molar-refractivity contribution < 1.29 is 9.53 Å². The van der Waals surface area contributed by atoms with E-state index in [2.05, 4.69) is 34.9 Å². The first-order valence-electron chi connectivity index (χ1n) is 8.98. The van der Waals surface area contributed by atoms with Crippen LogP contribution in [0, 0.1) is 0 Å². The molecule has 2 N–H and O–H groups in total. The second kappa shape index (κ2) is 9.01. The fourth-order valence-corrected chi connectivity index (χ4v) is 2.95. The summed E-state index contributed by atoms with van der Waals surface area (Å²) in [5.74, 6) is 0.611. The van der Waals surface area contributed by atoms with Crippen LogP contribution < -0.4 is 15.4 Å². The minimum atomic E-state index is -0.387. The van der Waals surface area contributed by atoms with Crippen molar-refractivity contribution in [3.63, 3.8) is 0 Å². The van der Waals surface area contributed by atoms with Crippen molar-refractivity contribution >= 4 is 11.6 Å². The first-order valence-corrected chi connectivity index (χ1v) is 8.98. The largest absolute Gasteiger partial charge is 0.497 e. The zero-order valence-corrected chi connectivity index (χ0v) is 15.6. The van der Waals surface area contributed by atoms with Gasteiger partial charge in [-0.1, -0.05) is 66.7 Å². The van der Waals surface area contributed by atoms with Crippen LogP contribution in [-0.2, 0) is 4.79 Å². The molecule has 4 nitrogen and oxygen atoms in total. The molecule has 27 heavy (non-hydrogen) atoms. The predicted octanol–water partition coefficient (Wildman–Crippen LogP) is 4.40. The van der Waals surface area contributed by atoms with Crippen LogP contribution in [0.4, 0.5) is 5.69 Å². The summed E-state index contributed by atoms with van der Waals surface area (Å²) in [6, 6.07) is 27.2. The third kappa shape index (κ3) is 4.96. The molecular formula is C23H24N2O2. The average Bonchev–Trinajstić information content (AvgIpc) is 2.73. The van der Waals surface area contributed by atoms with Crippen LogP contribution in [0.3, 0.4) is 0 Å². The molecule has 0 spiro atoms. The number of benzene rings is 3. The molecule has 0 bridgehead atoms. The SMILES string of the molecule is COc1cccc(NC(=O)[C@H](C)NC(c2ccccc2)c2ccccc2)c1. The van der Waals surface area contributed by atoms with E-state index in [1.165, 1.54) is 0 Å². The van der Waals surface area contributed by atoms with Crippen molar-refractivity contribution in [2.75, 3.05) is 12.4 Å². The first kappa shape index (κ1) is 18.7. The maximum absolute atomic E-state index is 12.7. The van der Waals surface area contributed by atoms with E-state index in [4.69, 9.17) is 4.74 Å². The Kier molecular flexibility index (Phi) is 6.23. The van der Waals surface area contributed by atoms with Gasteiger partial charge in [0, 0.05) is 11.8 Å². The van der Waals surface area contributed by atoms with E-state index in [9.17, 15) is 4.79 Å². The first-order chi connectivity index (χ1) is 13.2. The Bertz CT molecular complexity index is 826. The Morgan fingerprint density at radius 2 is 1.44 bits per heavy atom. The lowest BCUT2D eigenvalue weighted by Crippen LogP contribution is -2.40. The van der Waals surface area contributed by atoms with Crippen molar-refractivity contribution in [2.45, 2.75) is 19.0 Å². The molecule has 0 saturated heterocycles. The van der Waals surface area contributed by atoms with Gasteiger partial charge in [0.05, 0.1) is 19.2 Å². The Balaban J connectivity index is 1.75. The van der Waals surface area contributed by atoms with Gasteiger partial charge in [0.15, 0.2) is 0 Å². The van der Waals surface area contributed by atoms with E-state index in [0.29, 0.717) is 11.4 Å². The molecule has 3 rings (SSSR count). The van der Waals surface area contributed by atoms with Crippen LogP contribution in [0.5, 0.6) is 5.75 Å². The minimum absolute atomic E-state index is 0.0709. The highest BCUT2D eigenvalue weighted by Gasteiger charge is 2.20. The number of nitrogens with one attached hydrogen (secondary N) is 2. The number of carbonyl (C=O) groups excluding carboxylic acids is 1. The van der Waals surface area contributed by atoms with Crippen LogP contribution in [0.1, 0.15) is 24.1 Å². The molecule has 0 fully saturated rings. The Morgan fingerprint density at radius 3 is 2.00 bits per heavy atom. The summed E-state index contributed by atoms with van der Waals surface area (Å²) in [5.41, 5.74) is 2.94. The molecule has 0 radical (unpaired) electrons. The minimum Gasteiger partial charge on any atom is -0.497 e. The summed E-state index contributed by atoms with van der Waals surface area (Å²) in [7, 11) is 1.61. The molecule has 0 saturated carbocycles. The van der Waals surface area contributed by atoms with Crippen molar-refractivity contribution in [3.05, 3.63) is 96.1 Å². The van der Waals surface area contributed by atoms with Gasteiger partial charge in [0.2, 0.25) is 5.91 Å². The zero-order chi connectivity index (χ0) is 19.1. The zero-order valence-electron chi connectivity index (χ0n) is 15.6. The molecule has 0 aliphatic rings. The summed E-state index contributed by atoms with van der Waals surface area (Å²) in [4.78, 5) is 12.7. The van der Waals surface area contributed by atoms with Gasteiger partial charge in [-0.15, -0.1) is 0 Å². The molecule has 4 heteroatoms. The molecule has 0 unspecified atom stereocenters. The van der Waals surface area contributed by atoms with Crippen LogP contribution in [0.2, 0.25) is 0 Å². The molecule has 138 valence electrons. The predicted molar refractivity (Wildman–Crippen MR) is 109 cm³/mol. The van der Waals surface area contributed by atoms with Gasteiger partial charge >= 0.3 is 0 Å². The number of methoxy groups -OCH3 is 1. The van der Waals surface area contributed by atoms with Crippen LogP contribution in [-0.4, -0.2) is 19.1 Å². The normalized spacial score (nSPS) is 11.8. The molecule has 3 aromatic carbocycles.